The van der Waals surface area contributed by atoms with E-state index in [1.807, 2.05) is 46.7 Å². The van der Waals surface area contributed by atoms with Crippen LogP contribution in [0.5, 0.6) is 0 Å². The summed E-state index contributed by atoms with van der Waals surface area (Å²) < 4.78 is 1.95. The molecule has 1 aliphatic heterocycles. The number of piperidine rings is 1. The molecule has 3 aromatic rings. The minimum absolute atomic E-state index is 0.133. The summed E-state index contributed by atoms with van der Waals surface area (Å²) in [5.74, 6) is 0.768. The van der Waals surface area contributed by atoms with Crippen LogP contribution in [0.1, 0.15) is 37.4 Å². The van der Waals surface area contributed by atoms with Crippen LogP contribution in [0.25, 0.3) is 11.0 Å². The molecule has 1 aliphatic rings. The van der Waals surface area contributed by atoms with Crippen molar-refractivity contribution in [1.29, 1.82) is 0 Å². The maximum absolute atomic E-state index is 13.0. The van der Waals surface area contributed by atoms with E-state index in [0.29, 0.717) is 11.9 Å². The van der Waals surface area contributed by atoms with E-state index in [9.17, 15) is 4.79 Å². The second kappa shape index (κ2) is 6.74. The summed E-state index contributed by atoms with van der Waals surface area (Å²) in [4.78, 5) is 27.6. The van der Waals surface area contributed by atoms with Gasteiger partial charge in [0.25, 0.3) is 0 Å². The lowest BCUT2D eigenvalue weighted by Crippen LogP contribution is -2.41. The van der Waals surface area contributed by atoms with Crippen molar-refractivity contribution in [2.75, 3.05) is 18.8 Å². The topological polar surface area (TPSA) is 89.9 Å². The number of likely N-dealkylation sites (tertiary alicyclic amines) is 1. The third kappa shape index (κ3) is 3.00. The van der Waals surface area contributed by atoms with E-state index in [1.165, 1.54) is 0 Å². The van der Waals surface area contributed by atoms with Gasteiger partial charge in [0.05, 0.1) is 17.4 Å². The van der Waals surface area contributed by atoms with Gasteiger partial charge < -0.3 is 15.2 Å². The molecule has 7 nitrogen and oxygen atoms in total. The van der Waals surface area contributed by atoms with Crippen molar-refractivity contribution in [3.8, 4) is 0 Å². The Morgan fingerprint density at radius 3 is 2.73 bits per heavy atom. The van der Waals surface area contributed by atoms with Gasteiger partial charge in [0.1, 0.15) is 6.04 Å². The van der Waals surface area contributed by atoms with Crippen molar-refractivity contribution in [3.05, 3.63) is 48.5 Å². The van der Waals surface area contributed by atoms with Crippen molar-refractivity contribution >= 4 is 22.9 Å². The molecule has 4 rings (SSSR count). The monoisotopic (exact) mass is 350 g/mol. The standard InChI is InChI=1S/C19H22N6O/c1-13(25-12-22-16-4-2-3-5-17(16)25)18(26)24-10-7-14(8-11-24)15-6-9-21-19(20)23-15/h2-6,9,12-14H,7-8,10-11H2,1H3,(H2,20,21,23). The number of hydrogen-bond donors (Lipinski definition) is 1. The number of nitrogen functional groups attached to an aromatic ring is 1. The number of carbonyl (C=O) groups is 1. The number of rotatable bonds is 3. The van der Waals surface area contributed by atoms with Gasteiger partial charge in [-0.1, -0.05) is 12.1 Å². The van der Waals surface area contributed by atoms with Crippen LogP contribution >= 0.6 is 0 Å². The zero-order valence-corrected chi connectivity index (χ0v) is 14.7. The van der Waals surface area contributed by atoms with E-state index in [0.717, 1.165) is 42.7 Å². The molecule has 0 saturated carbocycles. The fraction of sp³-hybridized carbons (Fsp3) is 0.368. The van der Waals surface area contributed by atoms with Gasteiger partial charge in [-0.15, -0.1) is 0 Å². The average Bonchev–Trinajstić information content (AvgIpc) is 3.11. The average molecular weight is 350 g/mol. The molecular weight excluding hydrogens is 328 g/mol. The molecule has 1 atom stereocenters. The molecule has 1 amide bonds. The summed E-state index contributed by atoms with van der Waals surface area (Å²) in [7, 11) is 0. The number of fused-ring (bicyclic) bond motifs is 1. The first-order chi connectivity index (χ1) is 12.6. The Hall–Kier alpha value is -2.96. The lowest BCUT2D eigenvalue weighted by Gasteiger charge is -2.33. The van der Waals surface area contributed by atoms with Crippen molar-refractivity contribution in [1.82, 2.24) is 24.4 Å². The minimum atomic E-state index is -0.270. The Morgan fingerprint density at radius 2 is 1.96 bits per heavy atom. The predicted octanol–water partition coefficient (Wildman–Crippen LogP) is 2.38. The zero-order chi connectivity index (χ0) is 18.1. The third-order valence-corrected chi connectivity index (χ3v) is 5.18. The Morgan fingerprint density at radius 1 is 1.19 bits per heavy atom. The number of hydrogen-bond acceptors (Lipinski definition) is 5. The predicted molar refractivity (Wildman–Crippen MR) is 99.4 cm³/mol. The molecule has 1 fully saturated rings. The van der Waals surface area contributed by atoms with Crippen LogP contribution in [0.2, 0.25) is 0 Å². The molecule has 26 heavy (non-hydrogen) atoms. The molecule has 0 aliphatic carbocycles. The van der Waals surface area contributed by atoms with Crippen LogP contribution in [0.4, 0.5) is 5.95 Å². The first-order valence-corrected chi connectivity index (χ1v) is 8.92. The second-order valence-electron chi connectivity index (χ2n) is 6.76. The number of nitrogens with zero attached hydrogens (tertiary/aromatic N) is 5. The second-order valence-corrected chi connectivity index (χ2v) is 6.76. The SMILES string of the molecule is CC(C(=O)N1CCC(c2ccnc(N)n2)CC1)n1cnc2ccccc21. The van der Waals surface area contributed by atoms with Gasteiger partial charge >= 0.3 is 0 Å². The fourth-order valence-electron chi connectivity index (χ4n) is 3.68. The van der Waals surface area contributed by atoms with Crippen molar-refractivity contribution in [2.24, 2.45) is 0 Å². The summed E-state index contributed by atoms with van der Waals surface area (Å²) in [6, 6.07) is 9.53. The van der Waals surface area contributed by atoms with Crippen LogP contribution in [0.15, 0.2) is 42.9 Å². The van der Waals surface area contributed by atoms with Crippen molar-refractivity contribution < 1.29 is 4.79 Å². The normalized spacial score (nSPS) is 16.7. The number of carbonyl (C=O) groups excluding carboxylic acids is 1. The molecular formula is C19H22N6O. The highest BCUT2D eigenvalue weighted by molar-refractivity contribution is 5.83. The lowest BCUT2D eigenvalue weighted by molar-refractivity contribution is -0.135. The molecule has 0 radical (unpaired) electrons. The molecule has 2 aromatic heterocycles. The summed E-state index contributed by atoms with van der Waals surface area (Å²) in [5, 5.41) is 0. The van der Waals surface area contributed by atoms with E-state index in [1.54, 1.807) is 12.5 Å². The molecule has 0 bridgehead atoms. The number of amides is 1. The first-order valence-electron chi connectivity index (χ1n) is 8.92. The molecule has 2 N–H and O–H groups in total. The molecule has 0 spiro atoms. The van der Waals surface area contributed by atoms with Gasteiger partial charge in [0.2, 0.25) is 11.9 Å². The van der Waals surface area contributed by atoms with E-state index < -0.39 is 0 Å². The molecule has 1 unspecified atom stereocenters. The Kier molecular flexibility index (Phi) is 4.28. The molecule has 7 heteroatoms. The number of nitrogens with two attached hydrogens (primary N) is 1. The van der Waals surface area contributed by atoms with Crippen LogP contribution in [0, 0.1) is 0 Å². The molecule has 1 saturated heterocycles. The summed E-state index contributed by atoms with van der Waals surface area (Å²) in [6.45, 7) is 3.39. The van der Waals surface area contributed by atoms with Gasteiger partial charge in [-0.3, -0.25) is 4.79 Å². The largest absolute Gasteiger partial charge is 0.368 e. The summed E-state index contributed by atoms with van der Waals surface area (Å²) in [5.41, 5.74) is 8.55. The van der Waals surface area contributed by atoms with Crippen LogP contribution < -0.4 is 5.73 Å². The van der Waals surface area contributed by atoms with Crippen molar-refractivity contribution in [3.63, 3.8) is 0 Å². The number of aromatic nitrogens is 4. The van der Waals surface area contributed by atoms with E-state index >= 15 is 0 Å². The van der Waals surface area contributed by atoms with Gasteiger partial charge in [-0.25, -0.2) is 15.0 Å². The number of anilines is 1. The maximum atomic E-state index is 13.0. The van der Waals surface area contributed by atoms with Crippen LogP contribution in [0.3, 0.4) is 0 Å². The lowest BCUT2D eigenvalue weighted by atomic mass is 9.93. The zero-order valence-electron chi connectivity index (χ0n) is 14.7. The summed E-state index contributed by atoms with van der Waals surface area (Å²) in [6.07, 6.45) is 5.23. The highest BCUT2D eigenvalue weighted by atomic mass is 16.2. The van der Waals surface area contributed by atoms with Gasteiger partial charge in [-0.05, 0) is 38.0 Å². The summed E-state index contributed by atoms with van der Waals surface area (Å²) >= 11 is 0. The first kappa shape index (κ1) is 16.5. The van der Waals surface area contributed by atoms with Crippen molar-refractivity contribution in [2.45, 2.75) is 31.7 Å². The van der Waals surface area contributed by atoms with Gasteiger partial charge in [-0.2, -0.15) is 0 Å². The maximum Gasteiger partial charge on any atom is 0.245 e. The highest BCUT2D eigenvalue weighted by Crippen LogP contribution is 2.28. The van der Waals surface area contributed by atoms with Gasteiger partial charge in [0.15, 0.2) is 0 Å². The Bertz CT molecular complexity index is 928. The molecule has 3 heterocycles. The number of benzene rings is 1. The van der Waals surface area contributed by atoms with Crippen LogP contribution in [-0.4, -0.2) is 43.4 Å². The van der Waals surface area contributed by atoms with E-state index in [2.05, 4.69) is 15.0 Å². The van der Waals surface area contributed by atoms with E-state index in [-0.39, 0.29) is 11.9 Å². The minimum Gasteiger partial charge on any atom is -0.368 e. The fourth-order valence-corrected chi connectivity index (χ4v) is 3.68. The molecule has 1 aromatic carbocycles. The third-order valence-electron chi connectivity index (χ3n) is 5.18. The quantitative estimate of drug-likeness (QED) is 0.783. The highest BCUT2D eigenvalue weighted by Gasteiger charge is 2.28. The number of para-hydroxylation sites is 2. The Labute approximate surface area is 151 Å². The van der Waals surface area contributed by atoms with Gasteiger partial charge in [0, 0.05) is 30.9 Å². The molecule has 134 valence electrons. The Balaban J connectivity index is 1.45. The smallest absolute Gasteiger partial charge is 0.245 e. The number of imidazole rings is 1. The van der Waals surface area contributed by atoms with Crippen LogP contribution in [-0.2, 0) is 4.79 Å². The van der Waals surface area contributed by atoms with E-state index in [4.69, 9.17) is 5.73 Å².